The van der Waals surface area contributed by atoms with Gasteiger partial charge in [0.1, 0.15) is 6.42 Å². The number of hydrogen-bond acceptors (Lipinski definition) is 8. The maximum absolute atomic E-state index is 11.6. The van der Waals surface area contributed by atoms with Crippen molar-refractivity contribution in [3.63, 3.8) is 0 Å². The van der Waals surface area contributed by atoms with Crippen LogP contribution in [-0.4, -0.2) is 37.5 Å². The Morgan fingerprint density at radius 2 is 0.920 bits per heavy atom. The van der Waals surface area contributed by atoms with Crippen LogP contribution in [0.25, 0.3) is 0 Å². The molecule has 0 N–H and O–H groups in total. The molecule has 25 heavy (non-hydrogen) atoms. The molecule has 144 valence electrons. The highest BCUT2D eigenvalue weighted by atomic mass is 16.7. The highest BCUT2D eigenvalue weighted by molar-refractivity contribution is 5.91. The molecular weight excluding hydrogens is 332 g/mol. The number of hydrogen-bond donors (Lipinski definition) is 0. The molecule has 0 unspecified atom stereocenters. The van der Waals surface area contributed by atoms with Crippen molar-refractivity contribution in [2.24, 2.45) is 11.8 Å². The first-order valence-corrected chi connectivity index (χ1v) is 8.53. The summed E-state index contributed by atoms with van der Waals surface area (Å²) in [6.45, 7) is 6.32. The monoisotopic (exact) mass is 360 g/mol. The van der Waals surface area contributed by atoms with E-state index in [1.807, 2.05) is 27.7 Å². The average Bonchev–Trinajstić information content (AvgIpc) is 2.57. The Morgan fingerprint density at radius 3 is 1.20 bits per heavy atom. The number of esters is 4. The highest BCUT2D eigenvalue weighted by Gasteiger charge is 2.19. The van der Waals surface area contributed by atoms with Crippen LogP contribution in [-0.2, 0) is 38.1 Å². The van der Waals surface area contributed by atoms with Gasteiger partial charge in [-0.1, -0.05) is 27.7 Å². The minimum Gasteiger partial charge on any atom is -0.428 e. The zero-order valence-corrected chi connectivity index (χ0v) is 15.4. The normalized spacial score (nSPS) is 10.5. The first-order chi connectivity index (χ1) is 11.9. The lowest BCUT2D eigenvalue weighted by molar-refractivity contribution is -0.175. The molecule has 0 heterocycles. The lowest BCUT2D eigenvalue weighted by atomic mass is 10.0. The topological polar surface area (TPSA) is 105 Å². The summed E-state index contributed by atoms with van der Waals surface area (Å²) in [6, 6.07) is 0. The maximum Gasteiger partial charge on any atom is 0.320 e. The molecule has 0 saturated carbocycles. The van der Waals surface area contributed by atoms with E-state index in [1.54, 1.807) is 0 Å². The van der Waals surface area contributed by atoms with Crippen molar-refractivity contribution < 1.29 is 38.1 Å². The number of carbonyl (C=O) groups is 4. The second-order valence-electron chi connectivity index (χ2n) is 5.40. The Labute approximate surface area is 148 Å². The molecule has 8 nitrogen and oxygen atoms in total. The SMILES string of the molecule is CCC(CC)C(=O)OCOC(=O)CC(=O)OCOC(=O)C(CC)CC. The Balaban J connectivity index is 3.94. The second-order valence-corrected chi connectivity index (χ2v) is 5.40. The molecule has 8 heteroatoms. The first kappa shape index (κ1) is 22.9. The second kappa shape index (κ2) is 13.2. The third-order valence-corrected chi connectivity index (χ3v) is 3.77. The van der Waals surface area contributed by atoms with Gasteiger partial charge in [-0.25, -0.2) is 0 Å². The largest absolute Gasteiger partial charge is 0.428 e. The van der Waals surface area contributed by atoms with Crippen LogP contribution in [0, 0.1) is 11.8 Å². The summed E-state index contributed by atoms with van der Waals surface area (Å²) < 4.78 is 18.9. The number of carbonyl (C=O) groups excluding carboxylic acids is 4. The minimum absolute atomic E-state index is 0.242. The fourth-order valence-corrected chi connectivity index (χ4v) is 2.01. The third kappa shape index (κ3) is 9.69. The predicted octanol–water partition coefficient (Wildman–Crippen LogP) is 2.34. The van der Waals surface area contributed by atoms with Crippen LogP contribution in [0.1, 0.15) is 59.8 Å². The molecule has 0 atom stereocenters. The summed E-state index contributed by atoms with van der Waals surface area (Å²) in [7, 11) is 0. The van der Waals surface area contributed by atoms with Gasteiger partial charge in [0.25, 0.3) is 0 Å². The lowest BCUT2D eigenvalue weighted by Crippen LogP contribution is -2.22. The Kier molecular flexibility index (Phi) is 12.1. The van der Waals surface area contributed by atoms with Gasteiger partial charge in [0.15, 0.2) is 0 Å². The van der Waals surface area contributed by atoms with Gasteiger partial charge in [-0.05, 0) is 25.7 Å². The van der Waals surface area contributed by atoms with Gasteiger partial charge in [-0.2, -0.15) is 0 Å². The fourth-order valence-electron chi connectivity index (χ4n) is 2.01. The van der Waals surface area contributed by atoms with Crippen LogP contribution in [0.3, 0.4) is 0 Å². The predicted molar refractivity (Wildman–Crippen MR) is 86.9 cm³/mol. The maximum atomic E-state index is 11.6. The van der Waals surface area contributed by atoms with Crippen molar-refractivity contribution in [1.82, 2.24) is 0 Å². The summed E-state index contributed by atoms with van der Waals surface area (Å²) in [5, 5.41) is 0. The fraction of sp³-hybridized carbons (Fsp3) is 0.765. The summed E-state index contributed by atoms with van der Waals surface area (Å²) in [5.74, 6) is -3.17. The van der Waals surface area contributed by atoms with Gasteiger partial charge >= 0.3 is 23.9 Å². The lowest BCUT2D eigenvalue weighted by Gasteiger charge is -2.12. The van der Waals surface area contributed by atoms with Gasteiger partial charge in [0, 0.05) is 0 Å². The van der Waals surface area contributed by atoms with Gasteiger partial charge < -0.3 is 18.9 Å². The van der Waals surface area contributed by atoms with Crippen molar-refractivity contribution in [3.8, 4) is 0 Å². The van der Waals surface area contributed by atoms with Crippen LogP contribution in [0.15, 0.2) is 0 Å². The van der Waals surface area contributed by atoms with Crippen LogP contribution >= 0.6 is 0 Å². The molecule has 0 aromatic heterocycles. The smallest absolute Gasteiger partial charge is 0.320 e. The molecule has 0 aliphatic rings. The van der Waals surface area contributed by atoms with E-state index in [9.17, 15) is 19.2 Å². The molecule has 0 rings (SSSR count). The molecule has 0 radical (unpaired) electrons. The average molecular weight is 360 g/mol. The summed E-state index contributed by atoms with van der Waals surface area (Å²) in [6.07, 6.45) is 1.86. The van der Waals surface area contributed by atoms with E-state index in [4.69, 9.17) is 9.47 Å². The van der Waals surface area contributed by atoms with E-state index in [1.165, 1.54) is 0 Å². The van der Waals surface area contributed by atoms with Gasteiger partial charge in [0.2, 0.25) is 13.6 Å². The zero-order valence-electron chi connectivity index (χ0n) is 15.4. The van der Waals surface area contributed by atoms with Crippen LogP contribution < -0.4 is 0 Å². The molecular formula is C17H28O8. The third-order valence-electron chi connectivity index (χ3n) is 3.77. The molecule has 0 bridgehead atoms. The Morgan fingerprint density at radius 1 is 0.600 bits per heavy atom. The van der Waals surface area contributed by atoms with E-state index in [-0.39, 0.29) is 11.8 Å². The van der Waals surface area contributed by atoms with Crippen molar-refractivity contribution in [3.05, 3.63) is 0 Å². The quantitative estimate of drug-likeness (QED) is 0.297. The molecule has 0 aromatic rings. The zero-order chi connectivity index (χ0) is 19.2. The standard InChI is InChI=1S/C17H28O8/c1-5-12(6-2)16(20)24-10-22-14(18)9-15(19)23-11-25-17(21)13(7-3)8-4/h12-13H,5-11H2,1-4H3. The van der Waals surface area contributed by atoms with Gasteiger partial charge in [0.05, 0.1) is 11.8 Å². The van der Waals surface area contributed by atoms with Gasteiger partial charge in [-0.3, -0.25) is 19.2 Å². The number of rotatable bonds is 12. The van der Waals surface area contributed by atoms with Gasteiger partial charge in [-0.15, -0.1) is 0 Å². The molecule has 0 aromatic carbocycles. The summed E-state index contributed by atoms with van der Waals surface area (Å²) in [4.78, 5) is 46.0. The van der Waals surface area contributed by atoms with Crippen molar-refractivity contribution in [2.45, 2.75) is 59.8 Å². The Hall–Kier alpha value is -2.12. The van der Waals surface area contributed by atoms with Crippen LogP contribution in [0.5, 0.6) is 0 Å². The van der Waals surface area contributed by atoms with E-state index < -0.39 is 43.9 Å². The minimum atomic E-state index is -0.895. The molecule has 0 spiro atoms. The summed E-state index contributed by atoms with van der Waals surface area (Å²) in [5.41, 5.74) is 0. The summed E-state index contributed by atoms with van der Waals surface area (Å²) >= 11 is 0. The molecule has 0 fully saturated rings. The van der Waals surface area contributed by atoms with E-state index >= 15 is 0 Å². The van der Waals surface area contributed by atoms with E-state index in [0.717, 1.165) is 0 Å². The van der Waals surface area contributed by atoms with E-state index in [2.05, 4.69) is 9.47 Å². The molecule has 0 aliphatic carbocycles. The molecule has 0 amide bonds. The van der Waals surface area contributed by atoms with Crippen molar-refractivity contribution >= 4 is 23.9 Å². The highest BCUT2D eigenvalue weighted by Crippen LogP contribution is 2.10. The van der Waals surface area contributed by atoms with E-state index in [0.29, 0.717) is 25.7 Å². The van der Waals surface area contributed by atoms with Crippen LogP contribution in [0.4, 0.5) is 0 Å². The number of ether oxygens (including phenoxy) is 4. The Bertz CT molecular complexity index is 398. The van der Waals surface area contributed by atoms with Crippen LogP contribution in [0.2, 0.25) is 0 Å². The molecule has 0 saturated heterocycles. The first-order valence-electron chi connectivity index (χ1n) is 8.53. The van der Waals surface area contributed by atoms with Crippen molar-refractivity contribution in [2.75, 3.05) is 13.6 Å². The van der Waals surface area contributed by atoms with Crippen molar-refractivity contribution in [1.29, 1.82) is 0 Å². The molecule has 0 aliphatic heterocycles.